The Kier molecular flexibility index (Phi) is 4.69. The van der Waals surface area contributed by atoms with Gasteiger partial charge in [0.15, 0.2) is 5.43 Å². The van der Waals surface area contributed by atoms with Crippen LogP contribution in [0.25, 0.3) is 11.0 Å². The first-order valence-corrected chi connectivity index (χ1v) is 10.1. The van der Waals surface area contributed by atoms with Gasteiger partial charge in [-0.3, -0.25) is 9.59 Å². The highest BCUT2D eigenvalue weighted by Crippen LogP contribution is 2.38. The summed E-state index contributed by atoms with van der Waals surface area (Å²) in [5.41, 5.74) is 0.641. The number of para-hydroxylation sites is 1. The van der Waals surface area contributed by atoms with Crippen molar-refractivity contribution in [2.75, 3.05) is 39.4 Å². The predicted octanol–water partition coefficient (Wildman–Crippen LogP) is 1.24. The molecule has 2 aliphatic rings. The van der Waals surface area contributed by atoms with Crippen molar-refractivity contribution < 1.29 is 23.3 Å². The number of ether oxygens (including phenoxy) is 1. The third-order valence-electron chi connectivity index (χ3n) is 5.82. The van der Waals surface area contributed by atoms with Crippen LogP contribution >= 0.6 is 0 Å². The Morgan fingerprint density at radius 2 is 1.90 bits per heavy atom. The van der Waals surface area contributed by atoms with Crippen LogP contribution in [0.3, 0.4) is 0 Å². The van der Waals surface area contributed by atoms with Crippen molar-refractivity contribution in [3.05, 3.63) is 70.0 Å². The molecule has 1 saturated heterocycles. The van der Waals surface area contributed by atoms with Crippen LogP contribution in [0.1, 0.15) is 34.3 Å². The molecule has 7 nitrogen and oxygen atoms in total. The number of quaternary nitrogens is 1. The monoisotopic (exact) mass is 395 g/mol. The number of carbonyl (C=O) groups is 1. The van der Waals surface area contributed by atoms with Gasteiger partial charge in [0.1, 0.15) is 30.5 Å². The molecule has 0 aliphatic carbocycles. The minimum Gasteiger partial charge on any atom is -0.467 e. The zero-order valence-electron chi connectivity index (χ0n) is 16.1. The number of hydrogen-bond acceptors (Lipinski definition) is 5. The van der Waals surface area contributed by atoms with Crippen LogP contribution in [0.4, 0.5) is 0 Å². The SMILES string of the molecule is O=C1c2oc3ccccc3c(=O)c2[C@H](c2ccco2)N1CCC[NH+]1CCOCC1. The Balaban J connectivity index is 1.49. The number of morpholine rings is 1. The summed E-state index contributed by atoms with van der Waals surface area (Å²) in [7, 11) is 0. The van der Waals surface area contributed by atoms with E-state index in [0.717, 1.165) is 39.3 Å². The Hall–Kier alpha value is -2.90. The number of amides is 1. The molecule has 150 valence electrons. The van der Waals surface area contributed by atoms with E-state index in [0.29, 0.717) is 28.8 Å². The Bertz CT molecular complexity index is 1080. The second-order valence-corrected chi connectivity index (χ2v) is 7.55. The van der Waals surface area contributed by atoms with Crippen LogP contribution in [0.5, 0.6) is 0 Å². The highest BCUT2D eigenvalue weighted by atomic mass is 16.5. The van der Waals surface area contributed by atoms with E-state index in [1.54, 1.807) is 41.5 Å². The van der Waals surface area contributed by atoms with Gasteiger partial charge in [-0.05, 0) is 24.3 Å². The minimum absolute atomic E-state index is 0.133. The lowest BCUT2D eigenvalue weighted by atomic mass is 10.0. The first-order chi connectivity index (χ1) is 14.2. The van der Waals surface area contributed by atoms with Crippen molar-refractivity contribution in [1.29, 1.82) is 0 Å². The predicted molar refractivity (Wildman–Crippen MR) is 105 cm³/mol. The Labute approximate surface area is 167 Å². The first-order valence-electron chi connectivity index (χ1n) is 10.1. The molecule has 0 unspecified atom stereocenters. The quantitative estimate of drug-likeness (QED) is 0.703. The highest BCUT2D eigenvalue weighted by Gasteiger charge is 2.43. The van der Waals surface area contributed by atoms with E-state index in [9.17, 15) is 9.59 Å². The summed E-state index contributed by atoms with van der Waals surface area (Å²) < 4.78 is 16.9. The molecule has 7 heteroatoms. The van der Waals surface area contributed by atoms with E-state index >= 15 is 0 Å². The Morgan fingerprint density at radius 3 is 2.69 bits per heavy atom. The molecule has 2 aromatic heterocycles. The molecule has 0 bridgehead atoms. The van der Waals surface area contributed by atoms with Crippen molar-refractivity contribution in [3.63, 3.8) is 0 Å². The standard InChI is InChI=1S/C22H22N2O5/c25-20-15-5-1-2-6-16(15)29-21-18(20)19(17-7-3-12-28-17)24(22(21)26)9-4-8-23-10-13-27-14-11-23/h1-3,5-7,12,19H,4,8-11,13-14H2/p+1/t19-/m0/s1. The fourth-order valence-corrected chi connectivity index (χ4v) is 4.35. The number of fused-ring (bicyclic) bond motifs is 2. The van der Waals surface area contributed by atoms with Gasteiger partial charge >= 0.3 is 0 Å². The van der Waals surface area contributed by atoms with Gasteiger partial charge < -0.3 is 23.4 Å². The summed E-state index contributed by atoms with van der Waals surface area (Å²) in [6, 6.07) is 10.1. The smallest absolute Gasteiger partial charge is 0.291 e. The van der Waals surface area contributed by atoms with Gasteiger partial charge in [0.2, 0.25) is 5.76 Å². The maximum atomic E-state index is 13.2. The number of hydrogen-bond donors (Lipinski definition) is 1. The Morgan fingerprint density at radius 1 is 1.07 bits per heavy atom. The summed E-state index contributed by atoms with van der Waals surface area (Å²) in [6.45, 7) is 5.03. The fraction of sp³-hybridized carbons (Fsp3) is 0.364. The molecule has 1 N–H and O–H groups in total. The van der Waals surface area contributed by atoms with Crippen LogP contribution in [0, 0.1) is 0 Å². The van der Waals surface area contributed by atoms with Gasteiger partial charge in [-0.15, -0.1) is 0 Å². The number of benzene rings is 1. The zero-order valence-corrected chi connectivity index (χ0v) is 16.1. The molecular weight excluding hydrogens is 372 g/mol. The molecule has 0 saturated carbocycles. The van der Waals surface area contributed by atoms with Crippen LogP contribution in [0.15, 0.2) is 56.3 Å². The van der Waals surface area contributed by atoms with Crippen molar-refractivity contribution in [3.8, 4) is 0 Å². The number of nitrogens with zero attached hydrogens (tertiary/aromatic N) is 1. The normalized spacial score (nSPS) is 19.8. The third kappa shape index (κ3) is 3.16. The second kappa shape index (κ2) is 7.50. The molecule has 1 fully saturated rings. The maximum Gasteiger partial charge on any atom is 0.291 e. The molecule has 0 radical (unpaired) electrons. The van der Waals surface area contributed by atoms with Crippen molar-refractivity contribution in [1.82, 2.24) is 4.90 Å². The van der Waals surface area contributed by atoms with Crippen molar-refractivity contribution >= 4 is 16.9 Å². The van der Waals surface area contributed by atoms with E-state index in [1.165, 1.54) is 4.90 Å². The van der Waals surface area contributed by atoms with Gasteiger partial charge in [0, 0.05) is 13.0 Å². The first kappa shape index (κ1) is 18.1. The summed E-state index contributed by atoms with van der Waals surface area (Å²) in [5.74, 6) is 0.466. The van der Waals surface area contributed by atoms with E-state index in [2.05, 4.69) is 0 Å². The van der Waals surface area contributed by atoms with E-state index in [-0.39, 0.29) is 17.1 Å². The van der Waals surface area contributed by atoms with Gasteiger partial charge in [0.25, 0.3) is 5.91 Å². The third-order valence-corrected chi connectivity index (χ3v) is 5.82. The van der Waals surface area contributed by atoms with Gasteiger partial charge in [0.05, 0.1) is 37.0 Å². The van der Waals surface area contributed by atoms with E-state index in [1.807, 2.05) is 6.07 Å². The summed E-state index contributed by atoms with van der Waals surface area (Å²) >= 11 is 0. The molecule has 1 atom stereocenters. The molecule has 1 amide bonds. The van der Waals surface area contributed by atoms with E-state index < -0.39 is 6.04 Å². The average Bonchev–Trinajstić information content (AvgIpc) is 3.37. The van der Waals surface area contributed by atoms with E-state index in [4.69, 9.17) is 13.6 Å². The number of furan rings is 1. The summed E-state index contributed by atoms with van der Waals surface area (Å²) in [6.07, 6.45) is 2.40. The maximum absolute atomic E-state index is 13.2. The molecule has 0 spiro atoms. The number of rotatable bonds is 5. The second-order valence-electron chi connectivity index (χ2n) is 7.55. The van der Waals surface area contributed by atoms with Gasteiger partial charge in [-0.1, -0.05) is 12.1 Å². The fourth-order valence-electron chi connectivity index (χ4n) is 4.35. The van der Waals surface area contributed by atoms with Crippen LogP contribution < -0.4 is 10.3 Å². The minimum atomic E-state index is -0.548. The van der Waals surface area contributed by atoms with Crippen LogP contribution in [-0.2, 0) is 4.74 Å². The van der Waals surface area contributed by atoms with Crippen molar-refractivity contribution in [2.45, 2.75) is 12.5 Å². The summed E-state index contributed by atoms with van der Waals surface area (Å²) in [5, 5.41) is 0.482. The number of carbonyl (C=O) groups excluding carboxylic acids is 1. The largest absolute Gasteiger partial charge is 0.467 e. The highest BCUT2D eigenvalue weighted by molar-refractivity contribution is 5.98. The molecular formula is C22H23N2O5+. The molecule has 4 heterocycles. The van der Waals surface area contributed by atoms with Gasteiger partial charge in [-0.25, -0.2) is 0 Å². The van der Waals surface area contributed by atoms with Crippen LogP contribution in [0.2, 0.25) is 0 Å². The molecule has 29 heavy (non-hydrogen) atoms. The van der Waals surface area contributed by atoms with Gasteiger partial charge in [-0.2, -0.15) is 0 Å². The zero-order chi connectivity index (χ0) is 19.8. The molecule has 1 aromatic carbocycles. The molecule has 5 rings (SSSR count). The number of nitrogens with one attached hydrogen (secondary N) is 1. The molecule has 2 aliphatic heterocycles. The average molecular weight is 395 g/mol. The molecule has 3 aromatic rings. The van der Waals surface area contributed by atoms with Crippen molar-refractivity contribution in [2.24, 2.45) is 0 Å². The lowest BCUT2D eigenvalue weighted by Gasteiger charge is -2.26. The lowest BCUT2D eigenvalue weighted by Crippen LogP contribution is -3.14. The lowest BCUT2D eigenvalue weighted by molar-refractivity contribution is -0.908. The van der Waals surface area contributed by atoms with Crippen LogP contribution in [-0.4, -0.2) is 50.2 Å². The summed E-state index contributed by atoms with van der Waals surface area (Å²) in [4.78, 5) is 29.6. The topological polar surface area (TPSA) is 77.3 Å².